The van der Waals surface area contributed by atoms with Crippen LogP contribution in [0.1, 0.15) is 31.7 Å². The van der Waals surface area contributed by atoms with Gasteiger partial charge in [-0.1, -0.05) is 31.9 Å². The summed E-state index contributed by atoms with van der Waals surface area (Å²) < 4.78 is 18.6. The van der Waals surface area contributed by atoms with Crippen molar-refractivity contribution in [1.82, 2.24) is 0 Å². The van der Waals surface area contributed by atoms with Crippen molar-refractivity contribution in [3.63, 3.8) is 0 Å². The van der Waals surface area contributed by atoms with Crippen LogP contribution in [0.3, 0.4) is 0 Å². The third-order valence-electron chi connectivity index (χ3n) is 3.17. The van der Waals surface area contributed by atoms with E-state index in [2.05, 4.69) is 17.5 Å². The highest BCUT2D eigenvalue weighted by Crippen LogP contribution is 2.16. The van der Waals surface area contributed by atoms with Gasteiger partial charge in [-0.25, -0.2) is 4.39 Å². The number of rotatable bonds is 8. The number of ether oxygens (including phenoxy) is 1. The van der Waals surface area contributed by atoms with Crippen molar-refractivity contribution in [2.45, 2.75) is 26.2 Å². The minimum atomic E-state index is -0.264. The van der Waals surface area contributed by atoms with E-state index in [-0.39, 0.29) is 5.82 Å². The number of halogens is 1. The highest BCUT2D eigenvalue weighted by atomic mass is 19.1. The molecule has 0 heterocycles. The van der Waals surface area contributed by atoms with Crippen molar-refractivity contribution in [1.29, 1.82) is 0 Å². The summed E-state index contributed by atoms with van der Waals surface area (Å²) in [5.74, 6) is 0.559. The molecule has 0 amide bonds. The maximum Gasteiger partial charge on any atom is 0.128 e. The molecule has 0 aliphatic rings. The van der Waals surface area contributed by atoms with Crippen molar-refractivity contribution in [3.05, 3.63) is 59.9 Å². The Kier molecular flexibility index (Phi) is 6.42. The van der Waals surface area contributed by atoms with E-state index in [0.29, 0.717) is 6.61 Å². The molecule has 0 spiro atoms. The van der Waals surface area contributed by atoms with E-state index >= 15 is 0 Å². The lowest BCUT2D eigenvalue weighted by molar-refractivity contribution is 0.306. The summed E-state index contributed by atoms with van der Waals surface area (Å²) in [6, 6.07) is 13.8. The topological polar surface area (TPSA) is 33.6 Å². The Hall–Kier alpha value is -2.36. The van der Waals surface area contributed by atoms with Gasteiger partial charge in [-0.15, -0.1) is 0 Å². The molecule has 4 heteroatoms. The van der Waals surface area contributed by atoms with E-state index in [1.807, 2.05) is 24.3 Å². The zero-order valence-corrected chi connectivity index (χ0v) is 12.8. The fourth-order valence-electron chi connectivity index (χ4n) is 1.95. The van der Waals surface area contributed by atoms with Gasteiger partial charge in [0.2, 0.25) is 0 Å². The predicted octanol–water partition coefficient (Wildman–Crippen LogP) is 4.84. The summed E-state index contributed by atoms with van der Waals surface area (Å²) in [7, 11) is 0. The van der Waals surface area contributed by atoms with Crippen LogP contribution in [0.5, 0.6) is 5.75 Å². The quantitative estimate of drug-likeness (QED) is 0.430. The average molecular weight is 300 g/mol. The van der Waals surface area contributed by atoms with Crippen LogP contribution < -0.4 is 10.2 Å². The molecule has 1 N–H and O–H groups in total. The first-order valence-electron chi connectivity index (χ1n) is 7.56. The molecule has 0 unspecified atom stereocenters. The number of nitrogens with zero attached hydrogens (tertiary/aromatic N) is 1. The molecule has 0 saturated carbocycles. The molecule has 0 saturated heterocycles. The van der Waals surface area contributed by atoms with Gasteiger partial charge in [-0.2, -0.15) is 5.10 Å². The lowest BCUT2D eigenvalue weighted by atomic mass is 10.2. The van der Waals surface area contributed by atoms with E-state index in [4.69, 9.17) is 4.74 Å². The van der Waals surface area contributed by atoms with E-state index < -0.39 is 0 Å². The molecule has 3 nitrogen and oxygen atoms in total. The Bertz CT molecular complexity index is 596. The van der Waals surface area contributed by atoms with Crippen LogP contribution in [0.15, 0.2) is 53.6 Å². The highest BCUT2D eigenvalue weighted by Gasteiger charge is 2.00. The zero-order valence-electron chi connectivity index (χ0n) is 12.8. The fourth-order valence-corrected chi connectivity index (χ4v) is 1.95. The first-order chi connectivity index (χ1) is 10.8. The number of hydrazone groups is 1. The van der Waals surface area contributed by atoms with Gasteiger partial charge in [-0.3, -0.25) is 5.43 Å². The molecule has 0 aliphatic heterocycles. The molecule has 2 aromatic carbocycles. The second kappa shape index (κ2) is 8.82. The third kappa shape index (κ3) is 5.20. The van der Waals surface area contributed by atoms with Crippen LogP contribution in [0.4, 0.5) is 10.1 Å². The average Bonchev–Trinajstić information content (AvgIpc) is 2.55. The molecule has 2 aromatic rings. The predicted molar refractivity (Wildman–Crippen MR) is 89.1 cm³/mol. The van der Waals surface area contributed by atoms with Gasteiger partial charge in [-0.05, 0) is 42.8 Å². The van der Waals surface area contributed by atoms with Gasteiger partial charge in [0.15, 0.2) is 0 Å². The molecule has 0 bridgehead atoms. The fraction of sp³-hybridized carbons (Fsp3) is 0.278. The molecule has 0 aliphatic carbocycles. The van der Waals surface area contributed by atoms with Crippen LogP contribution in [0.2, 0.25) is 0 Å². The maximum atomic E-state index is 12.8. The van der Waals surface area contributed by atoms with Crippen molar-refractivity contribution in [3.8, 4) is 5.75 Å². The number of benzene rings is 2. The van der Waals surface area contributed by atoms with Crippen molar-refractivity contribution >= 4 is 11.9 Å². The molecule has 116 valence electrons. The number of anilines is 1. The molecule has 2 rings (SSSR count). The Labute approximate surface area is 130 Å². The minimum Gasteiger partial charge on any atom is -0.493 e. The van der Waals surface area contributed by atoms with E-state index in [9.17, 15) is 4.39 Å². The van der Waals surface area contributed by atoms with Crippen LogP contribution >= 0.6 is 0 Å². The van der Waals surface area contributed by atoms with Crippen molar-refractivity contribution < 1.29 is 9.13 Å². The molecular formula is C18H21FN2O. The lowest BCUT2D eigenvalue weighted by Crippen LogP contribution is -2.00. The first-order valence-corrected chi connectivity index (χ1v) is 7.56. The number of hydrogen-bond donors (Lipinski definition) is 1. The zero-order chi connectivity index (χ0) is 15.6. The number of hydrogen-bond acceptors (Lipinski definition) is 3. The van der Waals surface area contributed by atoms with Crippen LogP contribution in [0, 0.1) is 5.82 Å². The second-order valence-electron chi connectivity index (χ2n) is 4.97. The SMILES string of the molecule is CCCCCOc1ccccc1C=NNc1ccc(F)cc1. The van der Waals surface area contributed by atoms with Gasteiger partial charge in [0.25, 0.3) is 0 Å². The normalized spacial score (nSPS) is 10.8. The van der Waals surface area contributed by atoms with Crippen LogP contribution in [-0.2, 0) is 0 Å². The van der Waals surface area contributed by atoms with E-state index in [1.165, 1.54) is 25.0 Å². The largest absolute Gasteiger partial charge is 0.493 e. The standard InChI is InChI=1S/C18H21FN2O/c1-2-3-6-13-22-18-8-5-4-7-15(18)14-20-21-17-11-9-16(19)10-12-17/h4-5,7-12,14,21H,2-3,6,13H2,1H3. The summed E-state index contributed by atoms with van der Waals surface area (Å²) in [6.07, 6.45) is 5.10. The van der Waals surface area contributed by atoms with Crippen molar-refractivity contribution in [2.75, 3.05) is 12.0 Å². The van der Waals surface area contributed by atoms with Gasteiger partial charge < -0.3 is 4.74 Å². The second-order valence-corrected chi connectivity index (χ2v) is 4.97. The summed E-state index contributed by atoms with van der Waals surface area (Å²) in [4.78, 5) is 0. The summed E-state index contributed by atoms with van der Waals surface area (Å²) >= 11 is 0. The Morgan fingerprint density at radius 2 is 1.86 bits per heavy atom. The van der Waals surface area contributed by atoms with Crippen LogP contribution in [0.25, 0.3) is 0 Å². The van der Waals surface area contributed by atoms with E-state index in [1.54, 1.807) is 18.3 Å². The van der Waals surface area contributed by atoms with Gasteiger partial charge in [0, 0.05) is 5.56 Å². The molecule has 0 aromatic heterocycles. The van der Waals surface area contributed by atoms with Crippen LogP contribution in [-0.4, -0.2) is 12.8 Å². The third-order valence-corrected chi connectivity index (χ3v) is 3.17. The molecule has 0 fully saturated rings. The molecular weight excluding hydrogens is 279 g/mol. The summed E-state index contributed by atoms with van der Waals surface area (Å²) in [6.45, 7) is 2.88. The monoisotopic (exact) mass is 300 g/mol. The number of unbranched alkanes of at least 4 members (excludes halogenated alkanes) is 2. The smallest absolute Gasteiger partial charge is 0.128 e. The molecule has 0 radical (unpaired) electrons. The van der Waals surface area contributed by atoms with E-state index in [0.717, 1.165) is 23.4 Å². The highest BCUT2D eigenvalue weighted by molar-refractivity contribution is 5.83. The Morgan fingerprint density at radius 1 is 1.09 bits per heavy atom. The first kappa shape index (κ1) is 16.0. The Morgan fingerprint density at radius 3 is 2.64 bits per heavy atom. The Balaban J connectivity index is 1.93. The number of nitrogens with one attached hydrogen (secondary N) is 1. The van der Waals surface area contributed by atoms with Crippen molar-refractivity contribution in [2.24, 2.45) is 5.10 Å². The van der Waals surface area contributed by atoms with Gasteiger partial charge in [0.05, 0.1) is 18.5 Å². The number of para-hydroxylation sites is 1. The summed E-state index contributed by atoms with van der Waals surface area (Å²) in [5, 5.41) is 4.17. The molecule has 22 heavy (non-hydrogen) atoms. The molecule has 0 atom stereocenters. The minimum absolute atomic E-state index is 0.264. The maximum absolute atomic E-state index is 12.8. The lowest BCUT2D eigenvalue weighted by Gasteiger charge is -2.08. The van der Waals surface area contributed by atoms with Gasteiger partial charge >= 0.3 is 0 Å². The van der Waals surface area contributed by atoms with Gasteiger partial charge in [0.1, 0.15) is 11.6 Å². The summed E-state index contributed by atoms with van der Waals surface area (Å²) in [5.41, 5.74) is 4.52.